The first-order chi connectivity index (χ1) is 17.3. The molecule has 0 unspecified atom stereocenters. The molecule has 1 aromatic heterocycles. The third kappa shape index (κ3) is 5.34. The average Bonchev–Trinajstić information content (AvgIpc) is 3.20. The van der Waals surface area contributed by atoms with Gasteiger partial charge in [0.25, 0.3) is 5.91 Å². The lowest BCUT2D eigenvalue weighted by atomic mass is 10.1. The molecule has 0 saturated heterocycles. The molecule has 0 spiro atoms. The first-order valence-corrected chi connectivity index (χ1v) is 11.7. The molecule has 36 heavy (non-hydrogen) atoms. The van der Waals surface area contributed by atoms with Gasteiger partial charge in [0, 0.05) is 21.8 Å². The molecule has 184 valence electrons. The number of hydrogen-bond acceptors (Lipinski definition) is 4. The second kappa shape index (κ2) is 10.5. The number of rotatable bonds is 6. The van der Waals surface area contributed by atoms with Gasteiger partial charge in [0.05, 0.1) is 12.1 Å². The van der Waals surface area contributed by atoms with Gasteiger partial charge in [-0.1, -0.05) is 29.8 Å². The lowest BCUT2D eigenvalue weighted by Crippen LogP contribution is -2.36. The van der Waals surface area contributed by atoms with Gasteiger partial charge in [0.2, 0.25) is 0 Å². The smallest absolute Gasteiger partial charge is 0.328 e. The molecule has 0 atom stereocenters. The van der Waals surface area contributed by atoms with E-state index >= 15 is 0 Å². The summed E-state index contributed by atoms with van der Waals surface area (Å²) < 4.78 is 6.71. The number of carbonyl (C=O) groups excluding carboxylic acids is 3. The number of halogens is 1. The molecule has 0 radical (unpaired) electrons. The summed E-state index contributed by atoms with van der Waals surface area (Å²) in [6.07, 6.45) is 0. The van der Waals surface area contributed by atoms with Crippen LogP contribution in [0.3, 0.4) is 0 Å². The summed E-state index contributed by atoms with van der Waals surface area (Å²) in [5.74, 6) is -1.59. The van der Waals surface area contributed by atoms with Crippen LogP contribution < -0.4 is 20.8 Å². The van der Waals surface area contributed by atoms with Crippen LogP contribution in [0.25, 0.3) is 10.9 Å². The summed E-state index contributed by atoms with van der Waals surface area (Å²) in [4.78, 5) is 38.8. The monoisotopic (exact) mass is 504 g/mol. The number of anilines is 2. The molecular formula is C27H25ClN4O4. The summed E-state index contributed by atoms with van der Waals surface area (Å²) in [6.45, 7) is 6.10. The van der Waals surface area contributed by atoms with Crippen molar-refractivity contribution in [2.45, 2.75) is 20.8 Å². The zero-order valence-corrected chi connectivity index (χ0v) is 20.8. The maximum atomic E-state index is 13.2. The van der Waals surface area contributed by atoms with E-state index in [1.807, 2.05) is 39.0 Å². The second-order valence-electron chi connectivity index (χ2n) is 8.14. The van der Waals surface area contributed by atoms with Crippen LogP contribution >= 0.6 is 11.6 Å². The van der Waals surface area contributed by atoms with Crippen molar-refractivity contribution in [2.75, 3.05) is 22.7 Å². The number of benzene rings is 3. The minimum Gasteiger partial charge on any atom is -0.494 e. The molecule has 1 heterocycles. The molecule has 0 bridgehead atoms. The number of aromatic nitrogens is 1. The highest BCUT2D eigenvalue weighted by molar-refractivity contribution is 6.42. The molecule has 0 aliphatic rings. The first kappa shape index (κ1) is 24.8. The molecule has 3 N–H and O–H groups in total. The zero-order chi connectivity index (χ0) is 25.8. The van der Waals surface area contributed by atoms with Gasteiger partial charge in [-0.15, -0.1) is 0 Å². The van der Waals surface area contributed by atoms with Crippen LogP contribution in [0.4, 0.5) is 11.4 Å². The molecule has 4 aromatic rings. The Hall–Kier alpha value is -4.30. The van der Waals surface area contributed by atoms with Gasteiger partial charge < -0.3 is 15.4 Å². The summed E-state index contributed by atoms with van der Waals surface area (Å²) in [6, 6.07) is 19.0. The minimum atomic E-state index is -0.930. The summed E-state index contributed by atoms with van der Waals surface area (Å²) in [5, 5.41) is 6.54. The normalized spacial score (nSPS) is 10.7. The van der Waals surface area contributed by atoms with Gasteiger partial charge in [-0.05, 0) is 80.4 Å². The number of ether oxygens (including phenoxy) is 1. The Kier molecular flexibility index (Phi) is 7.26. The standard InChI is InChI=1S/C27H25ClN4O4/c1-4-36-21-11-9-20(10-12-21)29-25(33)23-15-18-14-19(28)8-13-22(18)32(23)31-27(35)26(34)30-24-16(2)6-5-7-17(24)3/h5-15H,4H2,1-3H3,(H,29,33)(H,30,34)(H,31,35). The summed E-state index contributed by atoms with van der Waals surface area (Å²) >= 11 is 6.13. The Bertz CT molecular complexity index is 1440. The van der Waals surface area contributed by atoms with Crippen LogP contribution in [0.2, 0.25) is 5.02 Å². The van der Waals surface area contributed by atoms with E-state index in [9.17, 15) is 14.4 Å². The van der Waals surface area contributed by atoms with Crippen LogP contribution in [0.1, 0.15) is 28.5 Å². The van der Waals surface area contributed by atoms with Crippen LogP contribution in [0.15, 0.2) is 66.7 Å². The Morgan fingerprint density at radius 1 is 0.889 bits per heavy atom. The van der Waals surface area contributed by atoms with E-state index < -0.39 is 17.7 Å². The van der Waals surface area contributed by atoms with Gasteiger partial charge in [0.15, 0.2) is 0 Å². The Balaban J connectivity index is 1.61. The highest BCUT2D eigenvalue weighted by Gasteiger charge is 2.22. The predicted octanol–water partition coefficient (Wildman–Crippen LogP) is 5.27. The molecule has 0 fully saturated rings. The lowest BCUT2D eigenvalue weighted by Gasteiger charge is -2.14. The molecule has 8 nitrogen and oxygen atoms in total. The molecule has 3 aromatic carbocycles. The number of amides is 3. The Morgan fingerprint density at radius 3 is 2.25 bits per heavy atom. The number of carbonyl (C=O) groups is 3. The van der Waals surface area contributed by atoms with Crippen molar-refractivity contribution >= 4 is 51.6 Å². The Morgan fingerprint density at radius 2 is 1.58 bits per heavy atom. The van der Waals surface area contributed by atoms with Crippen LogP contribution in [-0.2, 0) is 9.59 Å². The van der Waals surface area contributed by atoms with E-state index in [0.29, 0.717) is 39.7 Å². The topological polar surface area (TPSA) is 101 Å². The van der Waals surface area contributed by atoms with Crippen molar-refractivity contribution in [2.24, 2.45) is 0 Å². The molecular weight excluding hydrogens is 480 g/mol. The van der Waals surface area contributed by atoms with Crippen molar-refractivity contribution in [3.63, 3.8) is 0 Å². The number of hydrogen-bond donors (Lipinski definition) is 3. The third-order valence-electron chi connectivity index (χ3n) is 5.56. The third-order valence-corrected chi connectivity index (χ3v) is 5.79. The van der Waals surface area contributed by atoms with Crippen molar-refractivity contribution in [1.82, 2.24) is 4.68 Å². The number of fused-ring (bicyclic) bond motifs is 1. The minimum absolute atomic E-state index is 0.120. The fourth-order valence-corrected chi connectivity index (χ4v) is 3.98. The molecule has 0 saturated carbocycles. The highest BCUT2D eigenvalue weighted by atomic mass is 35.5. The number of nitrogens with zero attached hydrogens (tertiary/aromatic N) is 1. The molecule has 0 aliphatic heterocycles. The first-order valence-electron chi connectivity index (χ1n) is 11.3. The lowest BCUT2D eigenvalue weighted by molar-refractivity contribution is -0.133. The average molecular weight is 505 g/mol. The fraction of sp³-hybridized carbons (Fsp3) is 0.148. The van der Waals surface area contributed by atoms with Gasteiger partial charge in [-0.25, -0.2) is 4.68 Å². The SMILES string of the molecule is CCOc1ccc(NC(=O)c2cc3cc(Cl)ccc3n2NC(=O)C(=O)Nc2c(C)cccc2C)cc1. The number of para-hydroxylation sites is 1. The number of nitrogens with one attached hydrogen (secondary N) is 3. The van der Waals surface area contributed by atoms with Crippen molar-refractivity contribution < 1.29 is 19.1 Å². The maximum absolute atomic E-state index is 13.2. The van der Waals surface area contributed by atoms with Gasteiger partial charge >= 0.3 is 11.8 Å². The maximum Gasteiger partial charge on any atom is 0.328 e. The highest BCUT2D eigenvalue weighted by Crippen LogP contribution is 2.24. The van der Waals surface area contributed by atoms with E-state index in [0.717, 1.165) is 11.1 Å². The second-order valence-corrected chi connectivity index (χ2v) is 8.58. The van der Waals surface area contributed by atoms with Crippen LogP contribution in [0.5, 0.6) is 5.75 Å². The van der Waals surface area contributed by atoms with Crippen molar-refractivity contribution in [3.8, 4) is 5.75 Å². The Labute approximate surface area is 213 Å². The van der Waals surface area contributed by atoms with Gasteiger partial charge in [-0.2, -0.15) is 0 Å². The fourth-order valence-electron chi connectivity index (χ4n) is 3.80. The van der Waals surface area contributed by atoms with E-state index in [1.165, 1.54) is 4.68 Å². The van der Waals surface area contributed by atoms with Crippen LogP contribution in [-0.4, -0.2) is 29.0 Å². The van der Waals surface area contributed by atoms with Crippen molar-refractivity contribution in [1.29, 1.82) is 0 Å². The molecule has 4 rings (SSSR count). The van der Waals surface area contributed by atoms with Crippen LogP contribution in [0, 0.1) is 13.8 Å². The number of aryl methyl sites for hydroxylation is 2. The zero-order valence-electron chi connectivity index (χ0n) is 20.0. The predicted molar refractivity (Wildman–Crippen MR) is 141 cm³/mol. The van der Waals surface area contributed by atoms with E-state index in [-0.39, 0.29) is 5.69 Å². The van der Waals surface area contributed by atoms with E-state index in [2.05, 4.69) is 16.1 Å². The molecule has 0 aliphatic carbocycles. The quantitative estimate of drug-likeness (QED) is 0.311. The summed E-state index contributed by atoms with van der Waals surface area (Å²) in [7, 11) is 0. The van der Waals surface area contributed by atoms with Gasteiger partial charge in [-0.3, -0.25) is 19.8 Å². The van der Waals surface area contributed by atoms with Crippen molar-refractivity contribution in [3.05, 3.63) is 88.6 Å². The van der Waals surface area contributed by atoms with Gasteiger partial charge in [0.1, 0.15) is 11.4 Å². The van der Waals surface area contributed by atoms with E-state index in [1.54, 1.807) is 48.5 Å². The van der Waals surface area contributed by atoms with E-state index in [4.69, 9.17) is 16.3 Å². The summed E-state index contributed by atoms with van der Waals surface area (Å²) in [5.41, 5.74) is 5.93. The molecule has 9 heteroatoms. The molecule has 3 amide bonds. The largest absolute Gasteiger partial charge is 0.494 e.